The molecule has 0 atom stereocenters. The Morgan fingerprint density at radius 1 is 0.973 bits per heavy atom. The van der Waals surface area contributed by atoms with Crippen LogP contribution in [-0.4, -0.2) is 71.8 Å². The summed E-state index contributed by atoms with van der Waals surface area (Å²) in [4.78, 5) is 12.7. The Morgan fingerprint density at radius 2 is 1.70 bits per heavy atom. The van der Waals surface area contributed by atoms with Crippen molar-refractivity contribution in [2.24, 2.45) is 0 Å². The molecule has 3 heterocycles. The Morgan fingerprint density at radius 3 is 2.41 bits per heavy atom. The molecule has 1 aliphatic rings. The number of nitrogens with one attached hydrogen (secondary N) is 1. The van der Waals surface area contributed by atoms with Crippen LogP contribution < -0.4 is 14.8 Å². The van der Waals surface area contributed by atoms with Crippen LogP contribution >= 0.6 is 0 Å². The van der Waals surface area contributed by atoms with Crippen molar-refractivity contribution in [3.63, 3.8) is 0 Å². The van der Waals surface area contributed by atoms with Crippen LogP contribution in [0.15, 0.2) is 65.6 Å². The van der Waals surface area contributed by atoms with Crippen LogP contribution in [0.3, 0.4) is 0 Å². The molecular formula is C25H26N6O5S. The third-order valence-corrected chi connectivity index (χ3v) is 7.96. The Balaban J connectivity index is 1.17. The number of hydrogen-bond donors (Lipinski definition) is 1. The molecule has 4 aromatic rings. The predicted molar refractivity (Wildman–Crippen MR) is 135 cm³/mol. The summed E-state index contributed by atoms with van der Waals surface area (Å²) in [6.07, 6.45) is 1.74. The molecule has 0 bridgehead atoms. The standard InChI is InChI=1S/C25H26N6O5S/c1-35-20-8-4-18(5-9-20)24-28-27-22-12-13-23(29-31(22)24)36-17-14-26-25(32)19-6-10-21(11-7-19)37(33,34)30-15-2-3-16-30/h4-13H,2-3,14-17H2,1H3,(H,26,32). The first-order valence-electron chi connectivity index (χ1n) is 11.8. The van der Waals surface area contributed by atoms with E-state index < -0.39 is 10.0 Å². The first kappa shape index (κ1) is 24.7. The summed E-state index contributed by atoms with van der Waals surface area (Å²) in [6.45, 7) is 1.49. The van der Waals surface area contributed by atoms with Crippen LogP contribution in [0, 0.1) is 0 Å². The molecule has 1 fully saturated rings. The summed E-state index contributed by atoms with van der Waals surface area (Å²) in [5.41, 5.74) is 1.76. The van der Waals surface area contributed by atoms with Gasteiger partial charge in [0.05, 0.1) is 18.6 Å². The van der Waals surface area contributed by atoms with Crippen molar-refractivity contribution in [3.8, 4) is 23.0 Å². The van der Waals surface area contributed by atoms with E-state index in [1.54, 1.807) is 23.8 Å². The van der Waals surface area contributed by atoms with Gasteiger partial charge in [0.25, 0.3) is 5.91 Å². The number of sulfonamides is 1. The van der Waals surface area contributed by atoms with Crippen molar-refractivity contribution < 1.29 is 22.7 Å². The highest BCUT2D eigenvalue weighted by molar-refractivity contribution is 7.89. The van der Waals surface area contributed by atoms with Crippen molar-refractivity contribution in [2.45, 2.75) is 17.7 Å². The Labute approximate surface area is 214 Å². The second-order valence-electron chi connectivity index (χ2n) is 8.43. The van der Waals surface area contributed by atoms with E-state index in [0.717, 1.165) is 24.2 Å². The van der Waals surface area contributed by atoms with Crippen molar-refractivity contribution in [1.82, 2.24) is 29.4 Å². The number of aromatic nitrogens is 4. The zero-order chi connectivity index (χ0) is 25.8. The van der Waals surface area contributed by atoms with E-state index in [-0.39, 0.29) is 24.0 Å². The molecular weight excluding hydrogens is 496 g/mol. The van der Waals surface area contributed by atoms with Crippen LogP contribution in [0.4, 0.5) is 0 Å². The highest BCUT2D eigenvalue weighted by Crippen LogP contribution is 2.22. The molecule has 11 nitrogen and oxygen atoms in total. The fourth-order valence-corrected chi connectivity index (χ4v) is 5.56. The van der Waals surface area contributed by atoms with E-state index in [9.17, 15) is 13.2 Å². The maximum Gasteiger partial charge on any atom is 0.251 e. The summed E-state index contributed by atoms with van der Waals surface area (Å²) in [5, 5.41) is 15.6. The third-order valence-electron chi connectivity index (χ3n) is 6.04. The van der Waals surface area contributed by atoms with Gasteiger partial charge in [0.15, 0.2) is 11.5 Å². The van der Waals surface area contributed by atoms with E-state index in [0.29, 0.717) is 36.0 Å². The minimum Gasteiger partial charge on any atom is -0.497 e. The lowest BCUT2D eigenvalue weighted by atomic mass is 10.2. The summed E-state index contributed by atoms with van der Waals surface area (Å²) >= 11 is 0. The molecule has 12 heteroatoms. The van der Waals surface area contributed by atoms with Crippen molar-refractivity contribution in [3.05, 3.63) is 66.2 Å². The highest BCUT2D eigenvalue weighted by atomic mass is 32.2. The molecule has 1 N–H and O–H groups in total. The molecule has 37 heavy (non-hydrogen) atoms. The van der Waals surface area contributed by atoms with Crippen LogP contribution in [-0.2, 0) is 10.0 Å². The number of nitrogens with zero attached hydrogens (tertiary/aromatic N) is 5. The van der Waals surface area contributed by atoms with E-state index in [4.69, 9.17) is 9.47 Å². The van der Waals surface area contributed by atoms with Crippen molar-refractivity contribution in [2.75, 3.05) is 33.4 Å². The van der Waals surface area contributed by atoms with Gasteiger partial charge in [-0.25, -0.2) is 8.42 Å². The monoisotopic (exact) mass is 522 g/mol. The lowest BCUT2D eigenvalue weighted by Gasteiger charge is -2.15. The first-order valence-corrected chi connectivity index (χ1v) is 13.3. The molecule has 0 saturated carbocycles. The summed E-state index contributed by atoms with van der Waals surface area (Å²) in [6, 6.07) is 16.8. The average molecular weight is 523 g/mol. The highest BCUT2D eigenvalue weighted by Gasteiger charge is 2.27. The zero-order valence-corrected chi connectivity index (χ0v) is 21.0. The van der Waals surface area contributed by atoms with Gasteiger partial charge in [-0.15, -0.1) is 15.3 Å². The van der Waals surface area contributed by atoms with Crippen molar-refractivity contribution >= 4 is 21.6 Å². The predicted octanol–water partition coefficient (Wildman–Crippen LogP) is 2.39. The quantitative estimate of drug-likeness (QED) is 0.332. The number of carbonyl (C=O) groups excluding carboxylic acids is 1. The molecule has 2 aromatic carbocycles. The molecule has 1 aliphatic heterocycles. The minimum absolute atomic E-state index is 0.186. The Kier molecular flexibility index (Phi) is 7.01. The number of amides is 1. The van der Waals surface area contributed by atoms with Gasteiger partial charge in [0.1, 0.15) is 12.4 Å². The fourth-order valence-electron chi connectivity index (χ4n) is 4.05. The summed E-state index contributed by atoms with van der Waals surface area (Å²) in [5.74, 6) is 1.33. The average Bonchev–Trinajstić information content (AvgIpc) is 3.62. The van der Waals surface area contributed by atoms with E-state index >= 15 is 0 Å². The smallest absolute Gasteiger partial charge is 0.251 e. The molecule has 0 unspecified atom stereocenters. The number of ether oxygens (including phenoxy) is 2. The third kappa shape index (κ3) is 5.25. The van der Waals surface area contributed by atoms with Gasteiger partial charge in [0, 0.05) is 30.3 Å². The minimum atomic E-state index is -3.51. The topological polar surface area (TPSA) is 128 Å². The van der Waals surface area contributed by atoms with Crippen LogP contribution in [0.5, 0.6) is 11.6 Å². The fraction of sp³-hybridized carbons (Fsp3) is 0.280. The van der Waals surface area contributed by atoms with Gasteiger partial charge in [-0.1, -0.05) is 0 Å². The normalized spacial score (nSPS) is 14.1. The Bertz CT molecular complexity index is 1500. The van der Waals surface area contributed by atoms with Gasteiger partial charge in [-0.05, 0) is 67.4 Å². The molecule has 0 aliphatic carbocycles. The first-order chi connectivity index (χ1) is 18.0. The zero-order valence-electron chi connectivity index (χ0n) is 20.2. The maximum absolute atomic E-state index is 12.6. The number of fused-ring (bicyclic) bond motifs is 1. The lowest BCUT2D eigenvalue weighted by molar-refractivity contribution is 0.0946. The van der Waals surface area contributed by atoms with Crippen LogP contribution in [0.25, 0.3) is 17.0 Å². The number of carbonyl (C=O) groups is 1. The van der Waals surface area contributed by atoms with Gasteiger partial charge < -0.3 is 14.8 Å². The molecule has 5 rings (SSSR count). The molecule has 1 amide bonds. The largest absolute Gasteiger partial charge is 0.497 e. The molecule has 0 spiro atoms. The van der Waals surface area contributed by atoms with Gasteiger partial charge in [-0.2, -0.15) is 8.82 Å². The van der Waals surface area contributed by atoms with E-state index in [1.807, 2.05) is 24.3 Å². The molecule has 2 aromatic heterocycles. The second kappa shape index (κ2) is 10.5. The SMILES string of the molecule is COc1ccc(-c2nnc3ccc(OCCNC(=O)c4ccc(S(=O)(=O)N5CCCC5)cc4)nn23)cc1. The molecule has 1 saturated heterocycles. The number of methoxy groups -OCH3 is 1. The maximum atomic E-state index is 12.6. The van der Waals surface area contributed by atoms with E-state index in [1.165, 1.54) is 28.6 Å². The van der Waals surface area contributed by atoms with Gasteiger partial charge in [0.2, 0.25) is 15.9 Å². The number of hydrogen-bond acceptors (Lipinski definition) is 8. The number of rotatable bonds is 9. The lowest BCUT2D eigenvalue weighted by Crippen LogP contribution is -2.29. The molecule has 0 radical (unpaired) electrons. The second-order valence-corrected chi connectivity index (χ2v) is 10.4. The summed E-state index contributed by atoms with van der Waals surface area (Å²) in [7, 11) is -1.91. The van der Waals surface area contributed by atoms with Crippen LogP contribution in [0.2, 0.25) is 0 Å². The van der Waals surface area contributed by atoms with Crippen molar-refractivity contribution in [1.29, 1.82) is 0 Å². The summed E-state index contributed by atoms with van der Waals surface area (Å²) < 4.78 is 39.3. The van der Waals surface area contributed by atoms with Gasteiger partial charge >= 0.3 is 0 Å². The number of benzene rings is 2. The van der Waals surface area contributed by atoms with Crippen LogP contribution in [0.1, 0.15) is 23.2 Å². The van der Waals surface area contributed by atoms with E-state index in [2.05, 4.69) is 20.6 Å². The molecule has 192 valence electrons. The van der Waals surface area contributed by atoms with Gasteiger partial charge in [-0.3, -0.25) is 4.79 Å². The Hall–Kier alpha value is -4.03.